The minimum atomic E-state index is -0.112. The van der Waals surface area contributed by atoms with Crippen LogP contribution in [0.5, 0.6) is 0 Å². The average Bonchev–Trinajstić information content (AvgIpc) is 2.99. The summed E-state index contributed by atoms with van der Waals surface area (Å²) in [4.78, 5) is 20.9. The highest BCUT2D eigenvalue weighted by molar-refractivity contribution is 7.08. The minimum absolute atomic E-state index is 0.112. The van der Waals surface area contributed by atoms with Gasteiger partial charge >= 0.3 is 6.03 Å². The molecule has 1 fully saturated rings. The molecule has 2 aromatic rings. The third-order valence-corrected chi connectivity index (χ3v) is 4.86. The summed E-state index contributed by atoms with van der Waals surface area (Å²) < 4.78 is 0. The SMILES string of the molecule is O=C(NCc1nccnc1-c1ccsc1)NC1CCCCCC1. The molecule has 0 bridgehead atoms. The number of rotatable bonds is 4. The first-order valence-corrected chi connectivity index (χ1v) is 9.14. The van der Waals surface area contributed by atoms with E-state index in [0.717, 1.165) is 29.8 Å². The van der Waals surface area contributed by atoms with Gasteiger partial charge in [0.25, 0.3) is 0 Å². The molecule has 0 radical (unpaired) electrons. The maximum Gasteiger partial charge on any atom is 0.315 e. The molecule has 0 saturated heterocycles. The third kappa shape index (κ3) is 4.51. The Morgan fingerprint density at radius 2 is 1.96 bits per heavy atom. The van der Waals surface area contributed by atoms with Crippen molar-refractivity contribution in [2.45, 2.75) is 51.1 Å². The van der Waals surface area contributed by atoms with Gasteiger partial charge in [-0.3, -0.25) is 9.97 Å². The van der Waals surface area contributed by atoms with E-state index >= 15 is 0 Å². The van der Waals surface area contributed by atoms with E-state index in [1.165, 1.54) is 25.7 Å². The zero-order chi connectivity index (χ0) is 15.9. The molecular weight excluding hydrogens is 308 g/mol. The van der Waals surface area contributed by atoms with Gasteiger partial charge in [-0.15, -0.1) is 0 Å². The molecule has 0 aliphatic heterocycles. The van der Waals surface area contributed by atoms with Crippen molar-refractivity contribution < 1.29 is 4.79 Å². The quantitative estimate of drug-likeness (QED) is 0.840. The van der Waals surface area contributed by atoms with Crippen molar-refractivity contribution in [1.82, 2.24) is 20.6 Å². The van der Waals surface area contributed by atoms with Gasteiger partial charge in [0.15, 0.2) is 0 Å². The van der Waals surface area contributed by atoms with Crippen molar-refractivity contribution in [1.29, 1.82) is 0 Å². The van der Waals surface area contributed by atoms with Crippen LogP contribution in [0.4, 0.5) is 4.79 Å². The number of amides is 2. The Hall–Kier alpha value is -1.95. The molecule has 1 aliphatic carbocycles. The molecule has 1 saturated carbocycles. The predicted molar refractivity (Wildman–Crippen MR) is 92.2 cm³/mol. The molecule has 0 unspecified atom stereocenters. The van der Waals surface area contributed by atoms with Crippen LogP contribution < -0.4 is 10.6 Å². The molecule has 6 heteroatoms. The summed E-state index contributed by atoms with van der Waals surface area (Å²) >= 11 is 1.63. The monoisotopic (exact) mass is 330 g/mol. The molecule has 1 aliphatic rings. The van der Waals surface area contributed by atoms with E-state index in [9.17, 15) is 4.79 Å². The summed E-state index contributed by atoms with van der Waals surface area (Å²) in [7, 11) is 0. The van der Waals surface area contributed by atoms with Crippen LogP contribution in [0.15, 0.2) is 29.2 Å². The van der Waals surface area contributed by atoms with Crippen LogP contribution in [0, 0.1) is 0 Å². The fourth-order valence-electron chi connectivity index (χ4n) is 2.96. The first-order valence-electron chi connectivity index (χ1n) is 8.20. The lowest BCUT2D eigenvalue weighted by Crippen LogP contribution is -2.41. The second-order valence-corrected chi connectivity index (χ2v) is 6.66. The first-order chi connectivity index (χ1) is 11.3. The lowest BCUT2D eigenvalue weighted by atomic mass is 10.1. The van der Waals surface area contributed by atoms with Crippen LogP contribution >= 0.6 is 11.3 Å². The van der Waals surface area contributed by atoms with Crippen molar-refractivity contribution in [2.24, 2.45) is 0 Å². The van der Waals surface area contributed by atoms with Crippen LogP contribution in [0.1, 0.15) is 44.2 Å². The number of hydrogen-bond acceptors (Lipinski definition) is 4. The summed E-state index contributed by atoms with van der Waals surface area (Å²) in [6.07, 6.45) is 10.5. The molecule has 2 heterocycles. The number of hydrogen-bond donors (Lipinski definition) is 2. The van der Waals surface area contributed by atoms with E-state index in [4.69, 9.17) is 0 Å². The fraction of sp³-hybridized carbons (Fsp3) is 0.471. The number of aromatic nitrogens is 2. The normalized spacial score (nSPS) is 15.8. The summed E-state index contributed by atoms with van der Waals surface area (Å²) in [5.74, 6) is 0. The van der Waals surface area contributed by atoms with Crippen molar-refractivity contribution in [3.8, 4) is 11.3 Å². The van der Waals surface area contributed by atoms with Crippen LogP contribution in [-0.2, 0) is 6.54 Å². The summed E-state index contributed by atoms with van der Waals surface area (Å²) in [6, 6.07) is 2.21. The summed E-state index contributed by atoms with van der Waals surface area (Å²) in [5, 5.41) is 10.1. The highest BCUT2D eigenvalue weighted by Gasteiger charge is 2.15. The third-order valence-electron chi connectivity index (χ3n) is 4.18. The van der Waals surface area contributed by atoms with Gasteiger partial charge in [0.1, 0.15) is 0 Å². The molecular formula is C17H22N4OS. The van der Waals surface area contributed by atoms with E-state index < -0.39 is 0 Å². The van der Waals surface area contributed by atoms with E-state index in [-0.39, 0.29) is 6.03 Å². The lowest BCUT2D eigenvalue weighted by Gasteiger charge is -2.17. The van der Waals surface area contributed by atoms with Crippen molar-refractivity contribution in [3.63, 3.8) is 0 Å². The molecule has 3 rings (SSSR count). The van der Waals surface area contributed by atoms with Gasteiger partial charge in [-0.2, -0.15) is 11.3 Å². The second kappa shape index (κ2) is 8.06. The molecule has 122 valence electrons. The number of thiophene rings is 1. The zero-order valence-corrected chi connectivity index (χ0v) is 13.9. The molecule has 2 N–H and O–H groups in total. The Bertz CT molecular complexity index is 621. The van der Waals surface area contributed by atoms with Crippen LogP contribution in [0.2, 0.25) is 0 Å². The maximum absolute atomic E-state index is 12.1. The summed E-state index contributed by atoms with van der Waals surface area (Å²) in [5.41, 5.74) is 2.68. The van der Waals surface area contributed by atoms with Crippen LogP contribution in [0.25, 0.3) is 11.3 Å². The van der Waals surface area contributed by atoms with Gasteiger partial charge in [0.2, 0.25) is 0 Å². The standard InChI is InChI=1S/C17H22N4OS/c22-17(21-14-5-3-1-2-4-6-14)20-11-15-16(19-9-8-18-15)13-7-10-23-12-13/h7-10,12,14H,1-6,11H2,(H2,20,21,22). The van der Waals surface area contributed by atoms with Gasteiger partial charge in [0.05, 0.1) is 17.9 Å². The molecule has 5 nitrogen and oxygen atoms in total. The zero-order valence-electron chi connectivity index (χ0n) is 13.1. The topological polar surface area (TPSA) is 66.9 Å². The van der Waals surface area contributed by atoms with Crippen molar-refractivity contribution >= 4 is 17.4 Å². The summed E-state index contributed by atoms with van der Waals surface area (Å²) in [6.45, 7) is 0.386. The van der Waals surface area contributed by atoms with Crippen LogP contribution in [0.3, 0.4) is 0 Å². The van der Waals surface area contributed by atoms with Gasteiger partial charge in [-0.25, -0.2) is 4.79 Å². The van der Waals surface area contributed by atoms with Crippen molar-refractivity contribution in [2.75, 3.05) is 0 Å². The van der Waals surface area contributed by atoms with Crippen LogP contribution in [-0.4, -0.2) is 22.0 Å². The number of nitrogens with zero attached hydrogens (tertiary/aromatic N) is 2. The largest absolute Gasteiger partial charge is 0.335 e. The Labute approximate surface area is 140 Å². The minimum Gasteiger partial charge on any atom is -0.335 e. The predicted octanol–water partition coefficient (Wildman–Crippen LogP) is 3.73. The highest BCUT2D eigenvalue weighted by Crippen LogP contribution is 2.22. The first kappa shape index (κ1) is 15.9. The molecule has 0 aromatic carbocycles. The molecule has 0 spiro atoms. The Morgan fingerprint density at radius 1 is 1.17 bits per heavy atom. The maximum atomic E-state index is 12.1. The van der Waals surface area contributed by atoms with E-state index in [1.54, 1.807) is 23.7 Å². The fourth-order valence-corrected chi connectivity index (χ4v) is 3.60. The second-order valence-electron chi connectivity index (χ2n) is 5.88. The lowest BCUT2D eigenvalue weighted by molar-refractivity contribution is 0.235. The molecule has 2 amide bonds. The average molecular weight is 330 g/mol. The van der Waals surface area contributed by atoms with Gasteiger partial charge in [-0.05, 0) is 24.3 Å². The number of carbonyl (C=O) groups excluding carboxylic acids is 1. The van der Waals surface area contributed by atoms with Gasteiger partial charge in [-0.1, -0.05) is 25.7 Å². The van der Waals surface area contributed by atoms with Gasteiger partial charge in [0, 0.05) is 29.4 Å². The molecule has 0 atom stereocenters. The Balaban J connectivity index is 1.57. The number of carbonyl (C=O) groups is 1. The highest BCUT2D eigenvalue weighted by atomic mass is 32.1. The smallest absolute Gasteiger partial charge is 0.315 e. The molecule has 23 heavy (non-hydrogen) atoms. The van der Waals surface area contributed by atoms with E-state index in [1.807, 2.05) is 16.8 Å². The van der Waals surface area contributed by atoms with E-state index in [2.05, 4.69) is 20.6 Å². The van der Waals surface area contributed by atoms with Gasteiger partial charge < -0.3 is 10.6 Å². The van der Waals surface area contributed by atoms with E-state index in [0.29, 0.717) is 12.6 Å². The number of urea groups is 1. The molecule has 2 aromatic heterocycles. The Morgan fingerprint density at radius 3 is 2.70 bits per heavy atom. The van der Waals surface area contributed by atoms with Crippen molar-refractivity contribution in [3.05, 3.63) is 34.9 Å². The number of nitrogens with one attached hydrogen (secondary N) is 2. The Kier molecular flexibility index (Phi) is 5.58.